The lowest BCUT2D eigenvalue weighted by atomic mass is 10.2. The van der Waals surface area contributed by atoms with Gasteiger partial charge in [-0.3, -0.25) is 0 Å². The Morgan fingerprint density at radius 3 is 2.79 bits per heavy atom. The number of para-hydroxylation sites is 1. The van der Waals surface area contributed by atoms with E-state index in [1.807, 2.05) is 18.2 Å². The van der Waals surface area contributed by atoms with Crippen LogP contribution in [0.1, 0.15) is 13.8 Å². The van der Waals surface area contributed by atoms with Gasteiger partial charge < -0.3 is 5.32 Å². The molecule has 0 saturated heterocycles. The van der Waals surface area contributed by atoms with Gasteiger partial charge in [-0.1, -0.05) is 37.2 Å². The van der Waals surface area contributed by atoms with Gasteiger partial charge in [0.2, 0.25) is 0 Å². The van der Waals surface area contributed by atoms with Gasteiger partial charge in [0.1, 0.15) is 0 Å². The fraction of sp³-hybridized carbons (Fsp3) is 0.400. The zero-order valence-electron chi connectivity index (χ0n) is 8.44. The summed E-state index contributed by atoms with van der Waals surface area (Å²) in [5.74, 6) is 0.564. The fourth-order valence-corrected chi connectivity index (χ4v) is 1.07. The van der Waals surface area contributed by atoms with Gasteiger partial charge in [-0.25, -0.2) is 0 Å². The van der Waals surface area contributed by atoms with Gasteiger partial charge in [0.05, 0.1) is 5.69 Å². The summed E-state index contributed by atoms with van der Waals surface area (Å²) in [5, 5.41) is 6.84. The van der Waals surface area contributed by atoms with E-state index < -0.39 is 0 Å². The van der Waals surface area contributed by atoms with E-state index in [0.29, 0.717) is 11.6 Å². The normalized spacial score (nSPS) is 9.64. The monoisotopic (exact) mass is 190 g/mol. The van der Waals surface area contributed by atoms with E-state index in [-0.39, 0.29) is 0 Å². The first-order valence-electron chi connectivity index (χ1n) is 4.62. The lowest BCUT2D eigenvalue weighted by Gasteiger charge is -2.10. The summed E-state index contributed by atoms with van der Waals surface area (Å²) in [6.45, 7) is 5.13. The molecule has 4 nitrogen and oxygen atoms in total. The number of azide groups is 1. The molecule has 0 saturated carbocycles. The van der Waals surface area contributed by atoms with Crippen molar-refractivity contribution in [1.82, 2.24) is 0 Å². The standard InChI is InChI=1S/C10H14N4/c1-8(2)7-12-9-5-3-4-6-10(9)13-14-11/h3-6,8,12H,7H2,1-2H3. The van der Waals surface area contributed by atoms with Crippen molar-refractivity contribution in [3.05, 3.63) is 34.7 Å². The molecule has 74 valence electrons. The molecule has 0 aliphatic carbocycles. The SMILES string of the molecule is CC(C)CNc1ccccc1N=[N+]=[N-]. The Balaban J connectivity index is 2.79. The molecule has 0 unspecified atom stereocenters. The smallest absolute Gasteiger partial charge is 0.0606 e. The third-order valence-electron chi connectivity index (χ3n) is 1.76. The molecule has 1 rings (SSSR count). The maximum Gasteiger partial charge on any atom is 0.0606 e. The van der Waals surface area contributed by atoms with Crippen molar-refractivity contribution in [2.45, 2.75) is 13.8 Å². The molecule has 0 spiro atoms. The summed E-state index contributed by atoms with van der Waals surface area (Å²) in [6.07, 6.45) is 0. The van der Waals surface area contributed by atoms with Crippen molar-refractivity contribution in [3.8, 4) is 0 Å². The van der Waals surface area contributed by atoms with Crippen LogP contribution in [-0.2, 0) is 0 Å². The van der Waals surface area contributed by atoms with Crippen LogP contribution in [0.3, 0.4) is 0 Å². The van der Waals surface area contributed by atoms with Crippen LogP contribution < -0.4 is 5.32 Å². The number of rotatable bonds is 4. The number of nitrogens with zero attached hydrogens (tertiary/aromatic N) is 3. The third kappa shape index (κ3) is 2.99. The largest absolute Gasteiger partial charge is 0.384 e. The van der Waals surface area contributed by atoms with E-state index in [9.17, 15) is 0 Å². The molecule has 1 aromatic carbocycles. The minimum absolute atomic E-state index is 0.564. The molecule has 1 N–H and O–H groups in total. The zero-order chi connectivity index (χ0) is 10.4. The van der Waals surface area contributed by atoms with Gasteiger partial charge >= 0.3 is 0 Å². The Morgan fingerprint density at radius 2 is 2.14 bits per heavy atom. The first kappa shape index (κ1) is 10.4. The molecule has 0 aliphatic heterocycles. The van der Waals surface area contributed by atoms with Crippen LogP contribution in [0.15, 0.2) is 29.4 Å². The van der Waals surface area contributed by atoms with E-state index in [1.165, 1.54) is 0 Å². The summed E-state index contributed by atoms with van der Waals surface area (Å²) in [5.41, 5.74) is 9.89. The second kappa shape index (κ2) is 5.14. The quantitative estimate of drug-likeness (QED) is 0.439. The third-order valence-corrected chi connectivity index (χ3v) is 1.76. The van der Waals surface area contributed by atoms with Crippen LogP contribution in [0.4, 0.5) is 11.4 Å². The predicted octanol–water partition coefficient (Wildman–Crippen LogP) is 3.70. The molecule has 0 amide bonds. The Kier molecular flexibility index (Phi) is 3.83. The molecular formula is C10H14N4. The molecular weight excluding hydrogens is 176 g/mol. The zero-order valence-corrected chi connectivity index (χ0v) is 8.44. The van der Waals surface area contributed by atoms with Crippen LogP contribution in [0.25, 0.3) is 10.4 Å². The number of hydrogen-bond donors (Lipinski definition) is 1. The molecule has 0 aliphatic rings. The molecule has 0 bridgehead atoms. The average Bonchev–Trinajstić information content (AvgIpc) is 2.17. The van der Waals surface area contributed by atoms with Gasteiger partial charge in [0.15, 0.2) is 0 Å². The minimum atomic E-state index is 0.564. The topological polar surface area (TPSA) is 60.8 Å². The van der Waals surface area contributed by atoms with Gasteiger partial charge in [-0.05, 0) is 17.5 Å². The number of hydrogen-bond acceptors (Lipinski definition) is 2. The second-order valence-electron chi connectivity index (χ2n) is 3.48. The summed E-state index contributed by atoms with van der Waals surface area (Å²) in [7, 11) is 0. The van der Waals surface area contributed by atoms with Crippen molar-refractivity contribution >= 4 is 11.4 Å². The maximum absolute atomic E-state index is 8.35. The van der Waals surface area contributed by atoms with Crippen molar-refractivity contribution in [1.29, 1.82) is 0 Å². The van der Waals surface area contributed by atoms with Gasteiger partial charge in [0.25, 0.3) is 0 Å². The highest BCUT2D eigenvalue weighted by atomic mass is 15.1. The molecule has 14 heavy (non-hydrogen) atoms. The first-order chi connectivity index (χ1) is 6.74. The van der Waals surface area contributed by atoms with Crippen molar-refractivity contribution in [3.63, 3.8) is 0 Å². The Morgan fingerprint density at radius 1 is 1.43 bits per heavy atom. The minimum Gasteiger partial charge on any atom is -0.384 e. The van der Waals surface area contributed by atoms with E-state index in [2.05, 4.69) is 29.2 Å². The van der Waals surface area contributed by atoms with E-state index in [0.717, 1.165) is 12.2 Å². The van der Waals surface area contributed by atoms with E-state index in [1.54, 1.807) is 6.07 Å². The summed E-state index contributed by atoms with van der Waals surface area (Å²) >= 11 is 0. The van der Waals surface area contributed by atoms with Crippen LogP contribution in [0, 0.1) is 5.92 Å². The lowest BCUT2D eigenvalue weighted by Crippen LogP contribution is -2.07. The molecule has 0 aromatic heterocycles. The molecule has 0 atom stereocenters. The van der Waals surface area contributed by atoms with Crippen LogP contribution in [0.2, 0.25) is 0 Å². The van der Waals surface area contributed by atoms with Gasteiger partial charge in [-0.15, -0.1) is 0 Å². The van der Waals surface area contributed by atoms with Crippen LogP contribution in [0.5, 0.6) is 0 Å². The Hall–Kier alpha value is -1.67. The summed E-state index contributed by atoms with van der Waals surface area (Å²) in [4.78, 5) is 2.78. The first-order valence-corrected chi connectivity index (χ1v) is 4.62. The van der Waals surface area contributed by atoms with Gasteiger partial charge in [0, 0.05) is 17.1 Å². The van der Waals surface area contributed by atoms with Crippen molar-refractivity contribution < 1.29 is 0 Å². The fourth-order valence-electron chi connectivity index (χ4n) is 1.07. The van der Waals surface area contributed by atoms with Crippen molar-refractivity contribution in [2.75, 3.05) is 11.9 Å². The summed E-state index contributed by atoms with van der Waals surface area (Å²) in [6, 6.07) is 7.47. The molecule has 4 heteroatoms. The summed E-state index contributed by atoms with van der Waals surface area (Å²) < 4.78 is 0. The average molecular weight is 190 g/mol. The Bertz CT molecular complexity index is 340. The van der Waals surface area contributed by atoms with E-state index >= 15 is 0 Å². The van der Waals surface area contributed by atoms with E-state index in [4.69, 9.17) is 5.53 Å². The second-order valence-corrected chi connectivity index (χ2v) is 3.48. The molecule has 0 fully saturated rings. The highest BCUT2D eigenvalue weighted by molar-refractivity contribution is 5.64. The lowest BCUT2D eigenvalue weighted by molar-refractivity contribution is 0.689. The molecule has 0 heterocycles. The number of benzene rings is 1. The Labute approximate surface area is 83.6 Å². The number of nitrogens with one attached hydrogen (secondary N) is 1. The van der Waals surface area contributed by atoms with Crippen LogP contribution >= 0.6 is 0 Å². The molecule has 1 aromatic rings. The molecule has 0 radical (unpaired) electrons. The predicted molar refractivity (Wildman–Crippen MR) is 58.6 cm³/mol. The van der Waals surface area contributed by atoms with Crippen LogP contribution in [-0.4, -0.2) is 6.54 Å². The van der Waals surface area contributed by atoms with Gasteiger partial charge in [-0.2, -0.15) is 0 Å². The maximum atomic E-state index is 8.35. The number of anilines is 1. The highest BCUT2D eigenvalue weighted by Crippen LogP contribution is 2.24. The van der Waals surface area contributed by atoms with Crippen molar-refractivity contribution in [2.24, 2.45) is 11.0 Å². The highest BCUT2D eigenvalue weighted by Gasteiger charge is 1.99.